The van der Waals surface area contributed by atoms with E-state index >= 15 is 0 Å². The Labute approximate surface area is 224 Å². The van der Waals surface area contributed by atoms with Crippen molar-refractivity contribution in [3.05, 3.63) is 93.5 Å². The number of halogens is 2. The van der Waals surface area contributed by atoms with Gasteiger partial charge in [-0.25, -0.2) is 19.2 Å². The minimum Gasteiger partial charge on any atom is -0.478 e. The maximum Gasteiger partial charge on any atom is 0.335 e. The Morgan fingerprint density at radius 3 is 2.77 bits per heavy atom. The summed E-state index contributed by atoms with van der Waals surface area (Å²) < 4.78 is 19.1. The van der Waals surface area contributed by atoms with Crippen LogP contribution in [0.4, 0.5) is 16.2 Å². The van der Waals surface area contributed by atoms with E-state index in [0.29, 0.717) is 22.3 Å². The van der Waals surface area contributed by atoms with Crippen molar-refractivity contribution in [2.75, 3.05) is 10.6 Å². The number of aromatic carboxylic acids is 1. The fraction of sp³-hybridized carbons (Fsp3) is 0.0769. The average Bonchev–Trinajstić information content (AvgIpc) is 3.29. The van der Waals surface area contributed by atoms with Crippen LogP contribution in [0.1, 0.15) is 34.5 Å². The second kappa shape index (κ2) is 10.2. The monoisotopic (exact) mass is 545 g/mol. The van der Waals surface area contributed by atoms with Crippen molar-refractivity contribution in [2.45, 2.75) is 13.0 Å². The standard InChI is InChI=1S/C26H17ClFN7O4/c1-12-21(23(36)33-20-9-14(24(37)38)6-7-30-20)22(16-4-2-13(11-29)8-17(16)27)34-25(31-12)35-26-32-18-5-3-15(28)10-19(18)39-26/h2-10,22H,1H3,(H,37,38)(H,30,33,36)(H2,31,32,34,35). The summed E-state index contributed by atoms with van der Waals surface area (Å²) in [5.41, 5.74) is 1.88. The van der Waals surface area contributed by atoms with Crippen LogP contribution in [-0.2, 0) is 4.79 Å². The lowest BCUT2D eigenvalue weighted by molar-refractivity contribution is -0.113. The predicted octanol–water partition coefficient (Wildman–Crippen LogP) is 4.61. The Hall–Kier alpha value is -5.28. The van der Waals surface area contributed by atoms with Crippen molar-refractivity contribution in [1.82, 2.24) is 15.3 Å². The summed E-state index contributed by atoms with van der Waals surface area (Å²) in [5, 5.41) is 27.2. The molecule has 4 N–H and O–H groups in total. The average molecular weight is 546 g/mol. The summed E-state index contributed by atoms with van der Waals surface area (Å²) in [4.78, 5) is 37.7. The number of carbonyl (C=O) groups excluding carboxylic acids is 1. The van der Waals surface area contributed by atoms with Crippen LogP contribution in [0.15, 0.2) is 75.4 Å². The number of hydrogen-bond donors (Lipinski definition) is 4. The minimum absolute atomic E-state index is 0.0245. The number of benzene rings is 2. The number of allylic oxidation sites excluding steroid dienone is 1. The quantitative estimate of drug-likeness (QED) is 0.280. The van der Waals surface area contributed by atoms with Gasteiger partial charge in [0.25, 0.3) is 5.91 Å². The van der Waals surface area contributed by atoms with E-state index in [1.54, 1.807) is 19.1 Å². The number of hydrogen-bond acceptors (Lipinski definition) is 9. The number of nitrogens with zero attached hydrogens (tertiary/aromatic N) is 4. The lowest BCUT2D eigenvalue weighted by Gasteiger charge is -2.27. The van der Waals surface area contributed by atoms with Crippen LogP contribution in [0.25, 0.3) is 11.1 Å². The molecule has 1 unspecified atom stereocenters. The molecule has 0 spiro atoms. The summed E-state index contributed by atoms with van der Waals surface area (Å²) in [6, 6.07) is 12.1. The molecule has 5 rings (SSSR count). The molecule has 0 bridgehead atoms. The normalized spacial score (nSPS) is 14.8. The number of nitrogens with one attached hydrogen (secondary N) is 3. The smallest absolute Gasteiger partial charge is 0.335 e. The van der Waals surface area contributed by atoms with Gasteiger partial charge in [-0.1, -0.05) is 17.7 Å². The molecule has 0 saturated heterocycles. The highest BCUT2D eigenvalue weighted by molar-refractivity contribution is 6.31. The lowest BCUT2D eigenvalue weighted by Crippen LogP contribution is -2.37. The van der Waals surface area contributed by atoms with Crippen LogP contribution < -0.4 is 16.0 Å². The van der Waals surface area contributed by atoms with E-state index in [2.05, 4.69) is 30.9 Å². The van der Waals surface area contributed by atoms with E-state index < -0.39 is 23.7 Å². The van der Waals surface area contributed by atoms with E-state index in [9.17, 15) is 24.3 Å². The highest BCUT2D eigenvalue weighted by Gasteiger charge is 2.31. The van der Waals surface area contributed by atoms with E-state index in [-0.39, 0.29) is 39.5 Å². The van der Waals surface area contributed by atoms with Gasteiger partial charge >= 0.3 is 12.0 Å². The summed E-state index contributed by atoms with van der Waals surface area (Å²) in [7, 11) is 0. The van der Waals surface area contributed by atoms with Gasteiger partial charge in [0.2, 0.25) is 5.96 Å². The lowest BCUT2D eigenvalue weighted by atomic mass is 9.95. The third kappa shape index (κ3) is 5.25. The van der Waals surface area contributed by atoms with Gasteiger partial charge in [-0.05, 0) is 43.3 Å². The zero-order valence-corrected chi connectivity index (χ0v) is 20.7. The first-order chi connectivity index (χ1) is 18.7. The van der Waals surface area contributed by atoms with Gasteiger partial charge < -0.3 is 20.2 Å². The molecule has 11 nitrogen and oxygen atoms in total. The number of pyridine rings is 1. The number of anilines is 2. The maximum absolute atomic E-state index is 13.6. The molecule has 1 amide bonds. The number of fused-ring (bicyclic) bond motifs is 1. The fourth-order valence-electron chi connectivity index (χ4n) is 3.95. The minimum atomic E-state index is -1.17. The van der Waals surface area contributed by atoms with Crippen molar-refractivity contribution in [3.63, 3.8) is 0 Å². The Kier molecular flexibility index (Phi) is 6.66. The molecule has 0 fully saturated rings. The molecule has 1 aliphatic rings. The molecule has 13 heteroatoms. The SMILES string of the molecule is CC1=C(C(=O)Nc2cc(C(=O)O)ccn2)C(c2ccc(C#N)cc2Cl)N=C(Nc2nc3ccc(F)cc3o2)N1. The van der Waals surface area contributed by atoms with Gasteiger partial charge in [0.15, 0.2) is 5.58 Å². The summed E-state index contributed by atoms with van der Waals surface area (Å²) in [5.74, 6) is -2.08. The highest BCUT2D eigenvalue weighted by Crippen LogP contribution is 2.36. The van der Waals surface area contributed by atoms with E-state index in [1.807, 2.05) is 6.07 Å². The molecule has 0 radical (unpaired) electrons. The molecule has 194 valence electrons. The molecule has 1 atom stereocenters. The number of guanidine groups is 1. The number of carbonyl (C=O) groups is 2. The van der Waals surface area contributed by atoms with Crippen LogP contribution in [0, 0.1) is 17.1 Å². The number of nitriles is 1. The van der Waals surface area contributed by atoms with Gasteiger partial charge in [0, 0.05) is 28.5 Å². The first-order valence-electron chi connectivity index (χ1n) is 11.3. The van der Waals surface area contributed by atoms with E-state index in [1.165, 1.54) is 42.6 Å². The molecular formula is C26H17ClFN7O4. The number of aromatic nitrogens is 2. The summed E-state index contributed by atoms with van der Waals surface area (Å²) >= 11 is 6.49. The second-order valence-corrected chi connectivity index (χ2v) is 8.74. The van der Waals surface area contributed by atoms with E-state index in [0.717, 1.165) is 0 Å². The molecular weight excluding hydrogens is 529 g/mol. The van der Waals surface area contributed by atoms with Crippen LogP contribution in [-0.4, -0.2) is 32.9 Å². The topological polar surface area (TPSA) is 166 Å². The molecule has 0 aliphatic carbocycles. The fourth-order valence-corrected chi connectivity index (χ4v) is 4.23. The molecule has 2 aromatic heterocycles. The summed E-state index contributed by atoms with van der Waals surface area (Å²) in [6.45, 7) is 1.64. The molecule has 4 aromatic rings. The van der Waals surface area contributed by atoms with Crippen molar-refractivity contribution < 1.29 is 23.5 Å². The first-order valence-corrected chi connectivity index (χ1v) is 11.7. The van der Waals surface area contributed by atoms with Gasteiger partial charge in [-0.3, -0.25) is 10.1 Å². The van der Waals surface area contributed by atoms with Crippen LogP contribution >= 0.6 is 11.6 Å². The Morgan fingerprint density at radius 2 is 2.03 bits per heavy atom. The largest absolute Gasteiger partial charge is 0.478 e. The number of rotatable bonds is 5. The Bertz CT molecular complexity index is 1760. The molecule has 3 heterocycles. The number of amides is 1. The molecule has 39 heavy (non-hydrogen) atoms. The first kappa shape index (κ1) is 25.4. The van der Waals surface area contributed by atoms with Gasteiger partial charge in [-0.15, -0.1) is 0 Å². The number of oxazole rings is 1. The number of aliphatic imine (C=N–C) groups is 1. The summed E-state index contributed by atoms with van der Waals surface area (Å²) in [6.07, 6.45) is 1.26. The number of carboxylic acids is 1. The molecule has 1 aliphatic heterocycles. The van der Waals surface area contributed by atoms with Crippen LogP contribution in [0.5, 0.6) is 0 Å². The second-order valence-electron chi connectivity index (χ2n) is 8.34. The third-order valence-corrected chi connectivity index (χ3v) is 6.06. The van der Waals surface area contributed by atoms with Crippen molar-refractivity contribution in [2.24, 2.45) is 4.99 Å². The van der Waals surface area contributed by atoms with Crippen LogP contribution in [0.3, 0.4) is 0 Å². The highest BCUT2D eigenvalue weighted by atomic mass is 35.5. The van der Waals surface area contributed by atoms with Crippen molar-refractivity contribution in [3.8, 4) is 6.07 Å². The van der Waals surface area contributed by atoms with Gasteiger partial charge in [0.05, 0.1) is 22.8 Å². The molecule has 0 saturated carbocycles. The number of carboxylic acid groups (broad SMARTS) is 1. The van der Waals surface area contributed by atoms with Gasteiger partial charge in [0.1, 0.15) is 23.2 Å². The van der Waals surface area contributed by atoms with Crippen molar-refractivity contribution in [1.29, 1.82) is 5.26 Å². The van der Waals surface area contributed by atoms with Gasteiger partial charge in [-0.2, -0.15) is 10.2 Å². The predicted molar refractivity (Wildman–Crippen MR) is 140 cm³/mol. The maximum atomic E-state index is 13.6. The van der Waals surface area contributed by atoms with Crippen LogP contribution in [0.2, 0.25) is 5.02 Å². The Morgan fingerprint density at radius 1 is 1.21 bits per heavy atom. The Balaban J connectivity index is 1.51. The molecule has 2 aromatic carbocycles. The third-order valence-electron chi connectivity index (χ3n) is 5.73. The zero-order chi connectivity index (χ0) is 27.7. The van der Waals surface area contributed by atoms with Crippen molar-refractivity contribution >= 4 is 52.4 Å². The van der Waals surface area contributed by atoms with E-state index in [4.69, 9.17) is 16.0 Å². The zero-order valence-electron chi connectivity index (χ0n) is 20.0.